The molecule has 0 unspecified atom stereocenters. The molecule has 0 aliphatic heterocycles. The first-order chi connectivity index (χ1) is 10.2. The third kappa shape index (κ3) is 2.37. The van der Waals surface area contributed by atoms with Gasteiger partial charge in [0.1, 0.15) is 12.0 Å². The van der Waals surface area contributed by atoms with E-state index in [2.05, 4.69) is 20.6 Å². The van der Waals surface area contributed by atoms with E-state index in [4.69, 9.17) is 0 Å². The summed E-state index contributed by atoms with van der Waals surface area (Å²) >= 11 is 0. The number of carbonyl (C=O) groups is 1. The monoisotopic (exact) mass is 284 g/mol. The number of pyridine rings is 1. The van der Waals surface area contributed by atoms with Gasteiger partial charge in [-0.3, -0.25) is 4.79 Å². The van der Waals surface area contributed by atoms with E-state index in [1.54, 1.807) is 23.1 Å². The van der Waals surface area contributed by atoms with Crippen molar-refractivity contribution in [1.29, 1.82) is 0 Å². The van der Waals surface area contributed by atoms with Gasteiger partial charge in [0.15, 0.2) is 5.82 Å². The molecule has 108 valence electrons. The second-order valence-corrected chi connectivity index (χ2v) is 4.75. The van der Waals surface area contributed by atoms with Crippen molar-refractivity contribution in [3.63, 3.8) is 0 Å². The lowest BCUT2D eigenvalue weighted by molar-refractivity contribution is 0.0930. The molecule has 0 spiro atoms. The van der Waals surface area contributed by atoms with E-state index in [-0.39, 0.29) is 11.9 Å². The van der Waals surface area contributed by atoms with Crippen LogP contribution in [0.25, 0.3) is 5.52 Å². The van der Waals surface area contributed by atoms with Crippen LogP contribution in [0, 0.1) is 0 Å². The Labute approximate surface area is 121 Å². The van der Waals surface area contributed by atoms with Crippen LogP contribution in [0.3, 0.4) is 0 Å². The predicted molar refractivity (Wildman–Crippen MR) is 76.8 cm³/mol. The normalized spacial score (nSPS) is 12.5. The zero-order valence-electron chi connectivity index (χ0n) is 11.9. The molecule has 3 rings (SSSR count). The Kier molecular flexibility index (Phi) is 3.39. The van der Waals surface area contributed by atoms with Gasteiger partial charge in [0.05, 0.1) is 17.8 Å². The van der Waals surface area contributed by atoms with Gasteiger partial charge >= 0.3 is 0 Å². The summed E-state index contributed by atoms with van der Waals surface area (Å²) in [6, 6.07) is 7.11. The minimum Gasteiger partial charge on any atom is -0.341 e. The van der Waals surface area contributed by atoms with E-state index >= 15 is 0 Å². The van der Waals surface area contributed by atoms with Crippen LogP contribution in [0.5, 0.6) is 0 Å². The Morgan fingerprint density at radius 1 is 1.38 bits per heavy atom. The smallest absolute Gasteiger partial charge is 0.270 e. The summed E-state index contributed by atoms with van der Waals surface area (Å²) < 4.78 is 3.52. The van der Waals surface area contributed by atoms with Gasteiger partial charge in [0.2, 0.25) is 0 Å². The summed E-state index contributed by atoms with van der Waals surface area (Å²) in [7, 11) is 0. The predicted octanol–water partition coefficient (Wildman–Crippen LogP) is 1.44. The molecular formula is C14H16N6O. The van der Waals surface area contributed by atoms with Crippen molar-refractivity contribution in [2.24, 2.45) is 0 Å². The molecule has 0 fully saturated rings. The molecule has 3 heterocycles. The Hall–Kier alpha value is -2.70. The maximum Gasteiger partial charge on any atom is 0.270 e. The molecule has 0 aliphatic carbocycles. The van der Waals surface area contributed by atoms with Crippen molar-refractivity contribution in [2.45, 2.75) is 26.4 Å². The highest BCUT2D eigenvalue weighted by Gasteiger charge is 2.17. The van der Waals surface area contributed by atoms with Crippen LogP contribution in [0.4, 0.5) is 0 Å². The summed E-state index contributed by atoms with van der Waals surface area (Å²) in [4.78, 5) is 12.4. The van der Waals surface area contributed by atoms with Crippen LogP contribution in [0.2, 0.25) is 0 Å². The van der Waals surface area contributed by atoms with E-state index < -0.39 is 0 Å². The van der Waals surface area contributed by atoms with Crippen LogP contribution >= 0.6 is 0 Å². The summed E-state index contributed by atoms with van der Waals surface area (Å²) in [6.07, 6.45) is 3.33. The molecule has 7 heteroatoms. The minimum absolute atomic E-state index is 0.192. The zero-order chi connectivity index (χ0) is 14.8. The average molecular weight is 284 g/mol. The number of nitrogens with one attached hydrogen (secondary N) is 1. The average Bonchev–Trinajstić information content (AvgIpc) is 3.14. The number of rotatable bonds is 4. The fraction of sp³-hybridized carbons (Fsp3) is 0.286. The van der Waals surface area contributed by atoms with Crippen molar-refractivity contribution < 1.29 is 4.79 Å². The Morgan fingerprint density at radius 2 is 2.24 bits per heavy atom. The van der Waals surface area contributed by atoms with Gasteiger partial charge in [0.25, 0.3) is 5.91 Å². The largest absolute Gasteiger partial charge is 0.341 e. The van der Waals surface area contributed by atoms with Gasteiger partial charge in [-0.1, -0.05) is 6.07 Å². The molecule has 0 saturated heterocycles. The molecule has 7 nitrogen and oxygen atoms in total. The lowest BCUT2D eigenvalue weighted by atomic mass is 10.2. The molecule has 0 bridgehead atoms. The summed E-state index contributed by atoms with van der Waals surface area (Å²) in [5.74, 6) is 0.543. The first-order valence-electron chi connectivity index (χ1n) is 6.82. The Balaban J connectivity index is 1.85. The fourth-order valence-electron chi connectivity index (χ4n) is 2.30. The van der Waals surface area contributed by atoms with Gasteiger partial charge in [-0.15, -0.1) is 10.2 Å². The molecule has 0 saturated carbocycles. The highest BCUT2D eigenvalue weighted by Crippen LogP contribution is 2.11. The van der Waals surface area contributed by atoms with Crippen molar-refractivity contribution in [2.75, 3.05) is 0 Å². The quantitative estimate of drug-likeness (QED) is 0.786. The SMILES string of the molecule is CCn1cnnc1[C@@H](C)NC(=O)c1cccc2ccnn12. The van der Waals surface area contributed by atoms with Crippen molar-refractivity contribution in [3.05, 3.63) is 48.3 Å². The number of aryl methyl sites for hydroxylation is 1. The number of amides is 1. The lowest BCUT2D eigenvalue weighted by Crippen LogP contribution is -2.30. The maximum absolute atomic E-state index is 12.4. The zero-order valence-corrected chi connectivity index (χ0v) is 11.9. The van der Waals surface area contributed by atoms with Crippen LogP contribution in [0.1, 0.15) is 36.2 Å². The standard InChI is InChI=1S/C14H16N6O/c1-3-19-9-15-18-13(19)10(2)17-14(21)12-6-4-5-11-7-8-16-20(11)12/h4-10H,3H2,1-2H3,(H,17,21)/t10-/m1/s1. The third-order valence-electron chi connectivity index (χ3n) is 3.37. The first-order valence-corrected chi connectivity index (χ1v) is 6.82. The number of aromatic nitrogens is 5. The molecule has 21 heavy (non-hydrogen) atoms. The van der Waals surface area contributed by atoms with E-state index in [9.17, 15) is 4.79 Å². The van der Waals surface area contributed by atoms with E-state index in [1.807, 2.05) is 36.6 Å². The number of hydrogen-bond donors (Lipinski definition) is 1. The number of fused-ring (bicyclic) bond motifs is 1. The van der Waals surface area contributed by atoms with E-state index in [1.165, 1.54) is 0 Å². The molecule has 0 aromatic carbocycles. The number of carbonyl (C=O) groups excluding carboxylic acids is 1. The van der Waals surface area contributed by atoms with E-state index in [0.29, 0.717) is 5.69 Å². The van der Waals surface area contributed by atoms with Gasteiger partial charge in [-0.25, -0.2) is 4.52 Å². The van der Waals surface area contributed by atoms with Gasteiger partial charge in [0, 0.05) is 6.54 Å². The summed E-state index contributed by atoms with van der Waals surface area (Å²) in [5.41, 5.74) is 1.37. The lowest BCUT2D eigenvalue weighted by Gasteiger charge is -2.14. The van der Waals surface area contributed by atoms with Crippen molar-refractivity contribution in [1.82, 2.24) is 29.7 Å². The van der Waals surface area contributed by atoms with E-state index in [0.717, 1.165) is 17.9 Å². The second-order valence-electron chi connectivity index (χ2n) is 4.75. The van der Waals surface area contributed by atoms with Gasteiger partial charge in [-0.2, -0.15) is 5.10 Å². The molecule has 1 N–H and O–H groups in total. The van der Waals surface area contributed by atoms with Crippen LogP contribution < -0.4 is 5.32 Å². The Bertz CT molecular complexity index is 774. The molecule has 1 amide bonds. The molecule has 3 aromatic rings. The van der Waals surface area contributed by atoms with Crippen LogP contribution in [-0.4, -0.2) is 30.3 Å². The fourth-order valence-corrected chi connectivity index (χ4v) is 2.30. The van der Waals surface area contributed by atoms with Crippen LogP contribution in [0.15, 0.2) is 36.8 Å². The van der Waals surface area contributed by atoms with Crippen molar-refractivity contribution >= 4 is 11.4 Å². The maximum atomic E-state index is 12.4. The number of nitrogens with zero attached hydrogens (tertiary/aromatic N) is 5. The molecule has 0 radical (unpaired) electrons. The summed E-state index contributed by atoms with van der Waals surface area (Å²) in [5, 5.41) is 15.0. The minimum atomic E-state index is -0.231. The topological polar surface area (TPSA) is 77.1 Å². The molecule has 0 aliphatic rings. The molecule has 3 aromatic heterocycles. The number of hydrogen-bond acceptors (Lipinski definition) is 4. The Morgan fingerprint density at radius 3 is 3.05 bits per heavy atom. The van der Waals surface area contributed by atoms with Gasteiger partial charge < -0.3 is 9.88 Å². The molecule has 1 atom stereocenters. The van der Waals surface area contributed by atoms with Crippen LogP contribution in [-0.2, 0) is 6.54 Å². The summed E-state index contributed by atoms with van der Waals surface area (Å²) in [6.45, 7) is 4.65. The first kappa shape index (κ1) is 13.3. The third-order valence-corrected chi connectivity index (χ3v) is 3.37. The second kappa shape index (κ2) is 5.35. The highest BCUT2D eigenvalue weighted by atomic mass is 16.2. The van der Waals surface area contributed by atoms with Gasteiger partial charge in [-0.05, 0) is 32.0 Å². The molecular weight excluding hydrogens is 268 g/mol. The highest BCUT2D eigenvalue weighted by molar-refractivity contribution is 5.93. The van der Waals surface area contributed by atoms with Crippen molar-refractivity contribution in [3.8, 4) is 0 Å².